The molecule has 11 heteroatoms. The number of halogens is 1. The Labute approximate surface area is 207 Å². The zero-order chi connectivity index (χ0) is 24.4. The van der Waals surface area contributed by atoms with Crippen molar-refractivity contribution in [2.24, 2.45) is 11.8 Å². The molecule has 0 radical (unpaired) electrons. The van der Waals surface area contributed by atoms with E-state index in [4.69, 9.17) is 11.6 Å². The molecule has 4 N–H and O–H groups in total. The molecule has 10 nitrogen and oxygen atoms in total. The topological polar surface area (TPSA) is 136 Å². The third-order valence-corrected chi connectivity index (χ3v) is 6.89. The largest absolute Gasteiger partial charge is 0.394 e. The highest BCUT2D eigenvalue weighted by atomic mass is 35.5. The average molecular weight is 496 g/mol. The van der Waals surface area contributed by atoms with Gasteiger partial charge in [-0.2, -0.15) is 4.98 Å². The van der Waals surface area contributed by atoms with Crippen molar-refractivity contribution in [3.8, 4) is 0 Å². The van der Waals surface area contributed by atoms with Gasteiger partial charge in [-0.25, -0.2) is 15.0 Å². The highest BCUT2D eigenvalue weighted by Gasteiger charge is 2.53. The van der Waals surface area contributed by atoms with Crippen molar-refractivity contribution in [3.63, 3.8) is 0 Å². The maximum absolute atomic E-state index is 13.0. The van der Waals surface area contributed by atoms with Crippen molar-refractivity contribution in [1.29, 1.82) is 0 Å². The normalized spacial score (nSPS) is 20.4. The molecule has 3 heterocycles. The molecule has 2 aliphatic rings. The second kappa shape index (κ2) is 10.1. The predicted octanol–water partition coefficient (Wildman–Crippen LogP) is 1.77. The number of carbonyl (C=O) groups excluding carboxylic acids is 1. The third kappa shape index (κ3) is 5.04. The summed E-state index contributed by atoms with van der Waals surface area (Å²) in [6.07, 6.45) is 5.86. The van der Waals surface area contributed by atoms with E-state index in [0.717, 1.165) is 18.5 Å². The fourth-order valence-corrected chi connectivity index (χ4v) is 4.80. The minimum absolute atomic E-state index is 0.00686. The van der Waals surface area contributed by atoms with Crippen LogP contribution < -0.4 is 15.5 Å². The van der Waals surface area contributed by atoms with E-state index in [2.05, 4.69) is 30.6 Å². The first-order valence-corrected chi connectivity index (χ1v) is 11.9. The fraction of sp³-hybridized carbons (Fsp3) is 0.375. The number of aromatic nitrogens is 4. The van der Waals surface area contributed by atoms with Gasteiger partial charge in [-0.15, -0.1) is 0 Å². The first-order chi connectivity index (χ1) is 17.1. The fourth-order valence-electron chi connectivity index (χ4n) is 4.54. The number of benzene rings is 1. The lowest BCUT2D eigenvalue weighted by molar-refractivity contribution is 0.0950. The number of hydrogen-bond acceptors (Lipinski definition) is 9. The molecular formula is C24H26ClN7O3. The van der Waals surface area contributed by atoms with Crippen LogP contribution in [-0.4, -0.2) is 55.2 Å². The van der Waals surface area contributed by atoms with E-state index in [-0.39, 0.29) is 37.3 Å². The van der Waals surface area contributed by atoms with E-state index >= 15 is 0 Å². The van der Waals surface area contributed by atoms with Gasteiger partial charge >= 0.3 is 0 Å². The summed E-state index contributed by atoms with van der Waals surface area (Å²) in [6.45, 7) is 1.23. The molecule has 3 atom stereocenters. The van der Waals surface area contributed by atoms with Crippen molar-refractivity contribution in [1.82, 2.24) is 25.3 Å². The van der Waals surface area contributed by atoms with Crippen LogP contribution in [0.3, 0.4) is 0 Å². The lowest BCUT2D eigenvalue weighted by atomic mass is 10.1. The van der Waals surface area contributed by atoms with Gasteiger partial charge in [0.1, 0.15) is 17.2 Å². The van der Waals surface area contributed by atoms with Crippen molar-refractivity contribution >= 4 is 29.3 Å². The zero-order valence-electron chi connectivity index (χ0n) is 18.9. The Balaban J connectivity index is 1.38. The molecule has 5 rings (SSSR count). The molecule has 1 aliphatic carbocycles. The molecule has 0 bridgehead atoms. The Kier molecular flexibility index (Phi) is 6.76. The number of carbonyl (C=O) groups is 1. The summed E-state index contributed by atoms with van der Waals surface area (Å²) in [6, 6.07) is 7.09. The van der Waals surface area contributed by atoms with E-state index < -0.39 is 0 Å². The summed E-state index contributed by atoms with van der Waals surface area (Å²) >= 11 is 6.23. The smallest absolute Gasteiger partial charge is 0.256 e. The number of amides is 1. The van der Waals surface area contributed by atoms with Gasteiger partial charge in [-0.1, -0.05) is 23.7 Å². The van der Waals surface area contributed by atoms with Crippen LogP contribution in [0, 0.1) is 11.8 Å². The quantitative estimate of drug-likeness (QED) is 0.350. The van der Waals surface area contributed by atoms with Gasteiger partial charge in [0.2, 0.25) is 5.95 Å². The van der Waals surface area contributed by atoms with Crippen LogP contribution in [0.1, 0.15) is 33.7 Å². The van der Waals surface area contributed by atoms with Crippen LogP contribution in [0.15, 0.2) is 42.9 Å². The Morgan fingerprint density at radius 2 is 2.00 bits per heavy atom. The number of aliphatic hydroxyl groups is 2. The number of anilines is 2. The molecule has 35 heavy (non-hydrogen) atoms. The summed E-state index contributed by atoms with van der Waals surface area (Å²) < 4.78 is 0. The Bertz CT molecular complexity index is 1210. The number of aliphatic hydroxyl groups excluding tert-OH is 2. The molecule has 1 saturated heterocycles. The maximum Gasteiger partial charge on any atom is 0.256 e. The summed E-state index contributed by atoms with van der Waals surface area (Å²) in [5, 5.41) is 25.8. The van der Waals surface area contributed by atoms with Crippen molar-refractivity contribution < 1.29 is 15.0 Å². The van der Waals surface area contributed by atoms with Gasteiger partial charge in [0.25, 0.3) is 5.91 Å². The molecule has 2 fully saturated rings. The van der Waals surface area contributed by atoms with Gasteiger partial charge in [0.05, 0.1) is 25.8 Å². The number of piperidine rings is 1. The summed E-state index contributed by atoms with van der Waals surface area (Å²) in [5.74, 6) is 2.03. The van der Waals surface area contributed by atoms with Gasteiger partial charge < -0.3 is 25.7 Å². The molecule has 3 aromatic rings. The SMILES string of the molecule is O=C(NCc1ncccn1)c1cnc(N2CC3CC3C2CO)nc1NCc1ccc(CO)c(Cl)c1. The first kappa shape index (κ1) is 23.4. The minimum Gasteiger partial charge on any atom is -0.394 e. The number of nitrogens with zero attached hydrogens (tertiary/aromatic N) is 5. The second-order valence-electron chi connectivity index (χ2n) is 8.78. The molecule has 1 aromatic carbocycles. The molecule has 2 aromatic heterocycles. The minimum atomic E-state index is -0.358. The highest BCUT2D eigenvalue weighted by molar-refractivity contribution is 6.31. The van der Waals surface area contributed by atoms with E-state index in [9.17, 15) is 15.0 Å². The summed E-state index contributed by atoms with van der Waals surface area (Å²) in [5.41, 5.74) is 1.80. The van der Waals surface area contributed by atoms with Crippen LogP contribution >= 0.6 is 11.6 Å². The standard InChI is InChI=1S/C24H26ClN7O3/c25-19-6-14(2-3-15(19)12-33)8-28-22-18(23(35)29-10-21-26-4-1-5-27-21)9-30-24(31-22)32-11-16-7-17(16)20(32)13-34/h1-6,9,16-17,20,33-34H,7-8,10-13H2,(H,29,35)(H,28,30,31). The van der Waals surface area contributed by atoms with Gasteiger partial charge in [-0.05, 0) is 41.5 Å². The van der Waals surface area contributed by atoms with Gasteiger partial charge in [-0.3, -0.25) is 4.79 Å². The number of hydrogen-bond donors (Lipinski definition) is 4. The number of fused-ring (bicyclic) bond motifs is 1. The van der Waals surface area contributed by atoms with E-state index in [1.165, 1.54) is 6.20 Å². The molecule has 182 valence electrons. The monoisotopic (exact) mass is 495 g/mol. The Morgan fingerprint density at radius 1 is 1.17 bits per heavy atom. The van der Waals surface area contributed by atoms with E-state index in [1.807, 2.05) is 11.0 Å². The Morgan fingerprint density at radius 3 is 2.74 bits per heavy atom. The van der Waals surface area contributed by atoms with Gasteiger partial charge in [0, 0.05) is 36.7 Å². The number of nitrogens with one attached hydrogen (secondary N) is 2. The summed E-state index contributed by atoms with van der Waals surface area (Å²) in [7, 11) is 0. The van der Waals surface area contributed by atoms with Gasteiger partial charge in [0.15, 0.2) is 0 Å². The molecule has 1 aliphatic heterocycles. The number of rotatable bonds is 9. The highest BCUT2D eigenvalue weighted by Crippen LogP contribution is 2.50. The van der Waals surface area contributed by atoms with E-state index in [0.29, 0.717) is 46.6 Å². The van der Waals surface area contributed by atoms with Crippen LogP contribution in [0.25, 0.3) is 0 Å². The second-order valence-corrected chi connectivity index (χ2v) is 9.19. The van der Waals surface area contributed by atoms with Crippen LogP contribution in [0.2, 0.25) is 5.02 Å². The van der Waals surface area contributed by atoms with Crippen LogP contribution in [0.5, 0.6) is 0 Å². The molecular weight excluding hydrogens is 470 g/mol. The first-order valence-electron chi connectivity index (χ1n) is 11.5. The lowest BCUT2D eigenvalue weighted by Crippen LogP contribution is -2.37. The average Bonchev–Trinajstić information content (AvgIpc) is 3.56. The zero-order valence-corrected chi connectivity index (χ0v) is 19.7. The van der Waals surface area contributed by atoms with E-state index in [1.54, 1.807) is 30.6 Å². The Hall–Kier alpha value is -3.34. The van der Waals surface area contributed by atoms with Crippen molar-refractivity contribution in [3.05, 3.63) is 70.4 Å². The summed E-state index contributed by atoms with van der Waals surface area (Å²) in [4.78, 5) is 32.4. The molecule has 1 saturated carbocycles. The molecule has 3 unspecified atom stereocenters. The van der Waals surface area contributed by atoms with Crippen molar-refractivity contribution in [2.75, 3.05) is 23.4 Å². The van der Waals surface area contributed by atoms with Crippen LogP contribution in [0.4, 0.5) is 11.8 Å². The lowest BCUT2D eigenvalue weighted by Gasteiger charge is -2.26. The predicted molar refractivity (Wildman–Crippen MR) is 130 cm³/mol. The maximum atomic E-state index is 13.0. The molecule has 0 spiro atoms. The third-order valence-electron chi connectivity index (χ3n) is 6.54. The van der Waals surface area contributed by atoms with Crippen LogP contribution in [-0.2, 0) is 19.7 Å². The van der Waals surface area contributed by atoms with Crippen molar-refractivity contribution in [2.45, 2.75) is 32.2 Å². The molecule has 1 amide bonds.